The van der Waals surface area contributed by atoms with Gasteiger partial charge in [0.15, 0.2) is 9.84 Å². The molecule has 1 aliphatic heterocycles. The zero-order chi connectivity index (χ0) is 23.5. The van der Waals surface area contributed by atoms with E-state index in [1.54, 1.807) is 12.1 Å². The van der Waals surface area contributed by atoms with E-state index in [4.69, 9.17) is 9.72 Å². The molecule has 1 fully saturated rings. The molecule has 4 heterocycles. The highest BCUT2D eigenvalue weighted by Gasteiger charge is 2.28. The van der Waals surface area contributed by atoms with Crippen LogP contribution in [0, 0.1) is 0 Å². The zero-order valence-corrected chi connectivity index (χ0v) is 19.8. The van der Waals surface area contributed by atoms with E-state index in [9.17, 15) is 8.42 Å². The largest absolute Gasteiger partial charge is 0.379 e. The minimum Gasteiger partial charge on any atom is -0.379 e. The maximum absolute atomic E-state index is 12.1. The van der Waals surface area contributed by atoms with Gasteiger partial charge in [0.05, 0.1) is 13.2 Å². The highest BCUT2D eigenvalue weighted by atomic mass is 32.2. The number of morpholine rings is 1. The van der Waals surface area contributed by atoms with Crippen LogP contribution in [0.4, 0.5) is 23.3 Å². The number of aryl methyl sites for hydroxylation is 1. The SMILES string of the molecule is CS(=O)(=O)c1cccnc1Nc1cc(Nc2ccc3c(n2)CCCC3N2CCOCC2)ncn1. The summed E-state index contributed by atoms with van der Waals surface area (Å²) in [6.45, 7) is 3.48. The highest BCUT2D eigenvalue weighted by molar-refractivity contribution is 7.90. The van der Waals surface area contributed by atoms with Gasteiger partial charge in [-0.3, -0.25) is 4.90 Å². The summed E-state index contributed by atoms with van der Waals surface area (Å²) < 4.78 is 29.6. The van der Waals surface area contributed by atoms with Gasteiger partial charge in [0, 0.05) is 43.3 Å². The molecule has 34 heavy (non-hydrogen) atoms. The molecule has 5 rings (SSSR count). The maximum atomic E-state index is 12.1. The quantitative estimate of drug-likeness (QED) is 0.543. The minimum absolute atomic E-state index is 0.106. The summed E-state index contributed by atoms with van der Waals surface area (Å²) in [5.74, 6) is 1.89. The fourth-order valence-electron chi connectivity index (χ4n) is 4.50. The van der Waals surface area contributed by atoms with Crippen molar-refractivity contribution in [1.29, 1.82) is 0 Å². The molecule has 178 valence electrons. The van der Waals surface area contributed by atoms with Crippen LogP contribution in [-0.2, 0) is 21.0 Å². The van der Waals surface area contributed by atoms with Crippen LogP contribution in [0.3, 0.4) is 0 Å². The first-order chi connectivity index (χ1) is 16.5. The van der Waals surface area contributed by atoms with Gasteiger partial charge in [-0.25, -0.2) is 28.4 Å². The van der Waals surface area contributed by atoms with E-state index in [2.05, 4.69) is 36.6 Å². The summed E-state index contributed by atoms with van der Waals surface area (Å²) in [6.07, 6.45) is 7.29. The van der Waals surface area contributed by atoms with Crippen molar-refractivity contribution in [3.8, 4) is 0 Å². The average Bonchev–Trinajstić information content (AvgIpc) is 2.84. The van der Waals surface area contributed by atoms with Gasteiger partial charge in [0.2, 0.25) is 0 Å². The van der Waals surface area contributed by atoms with Crippen LogP contribution in [0.5, 0.6) is 0 Å². The van der Waals surface area contributed by atoms with Crippen LogP contribution in [-0.4, -0.2) is 65.8 Å². The second-order valence-corrected chi connectivity index (χ2v) is 10.4. The third kappa shape index (κ3) is 5.01. The maximum Gasteiger partial charge on any atom is 0.179 e. The van der Waals surface area contributed by atoms with Gasteiger partial charge in [-0.2, -0.15) is 0 Å². The van der Waals surface area contributed by atoms with E-state index < -0.39 is 9.84 Å². The number of rotatable bonds is 6. The molecule has 10 nitrogen and oxygen atoms in total. The van der Waals surface area contributed by atoms with Crippen molar-refractivity contribution in [2.24, 2.45) is 0 Å². The lowest BCUT2D eigenvalue weighted by atomic mass is 9.90. The summed E-state index contributed by atoms with van der Waals surface area (Å²) in [6, 6.07) is 9.32. The number of hydrogen-bond donors (Lipinski definition) is 2. The van der Waals surface area contributed by atoms with Crippen molar-refractivity contribution in [3.05, 3.63) is 54.1 Å². The van der Waals surface area contributed by atoms with Crippen molar-refractivity contribution in [1.82, 2.24) is 24.8 Å². The van der Waals surface area contributed by atoms with Crippen LogP contribution in [0.1, 0.15) is 30.1 Å². The van der Waals surface area contributed by atoms with Gasteiger partial charge in [-0.15, -0.1) is 0 Å². The second kappa shape index (κ2) is 9.61. The van der Waals surface area contributed by atoms with Crippen LogP contribution in [0.2, 0.25) is 0 Å². The normalized spacial score (nSPS) is 18.8. The molecule has 0 radical (unpaired) electrons. The molecule has 1 unspecified atom stereocenters. The second-order valence-electron chi connectivity index (χ2n) is 8.45. The van der Waals surface area contributed by atoms with Gasteiger partial charge < -0.3 is 15.4 Å². The van der Waals surface area contributed by atoms with Crippen molar-refractivity contribution >= 4 is 33.1 Å². The zero-order valence-electron chi connectivity index (χ0n) is 18.9. The number of ether oxygens (including phenoxy) is 1. The standard InChI is InChI=1S/C23H27N7O3S/c1-34(31,32)19-6-3-9-24-23(19)29-22-14-21(25-15-26-22)28-20-8-7-16-17(27-20)4-2-5-18(16)30-10-12-33-13-11-30/h3,6-9,14-15,18H,2,4-5,10-13H2,1H3,(H2,24,25,26,27,28,29). The molecule has 0 aromatic carbocycles. The minimum atomic E-state index is -3.44. The molecular formula is C23H27N7O3S. The number of sulfone groups is 1. The Hall–Kier alpha value is -3.15. The third-order valence-corrected chi connectivity index (χ3v) is 7.21. The van der Waals surface area contributed by atoms with E-state index in [0.717, 1.165) is 57.5 Å². The highest BCUT2D eigenvalue weighted by Crippen LogP contribution is 2.35. The van der Waals surface area contributed by atoms with Crippen LogP contribution in [0.25, 0.3) is 0 Å². The van der Waals surface area contributed by atoms with Gasteiger partial charge in [0.25, 0.3) is 0 Å². The van der Waals surface area contributed by atoms with Gasteiger partial charge in [0.1, 0.15) is 34.5 Å². The van der Waals surface area contributed by atoms with Gasteiger partial charge in [-0.1, -0.05) is 6.07 Å². The predicted octanol–water partition coefficient (Wildman–Crippen LogP) is 2.87. The topological polar surface area (TPSA) is 122 Å². The molecule has 11 heteroatoms. The molecule has 3 aromatic heterocycles. The Bertz CT molecular complexity index is 1280. The van der Waals surface area contributed by atoms with Crippen LogP contribution < -0.4 is 10.6 Å². The first-order valence-electron chi connectivity index (χ1n) is 11.3. The number of hydrogen-bond acceptors (Lipinski definition) is 10. The Morgan fingerprint density at radius 2 is 1.82 bits per heavy atom. The molecular weight excluding hydrogens is 454 g/mol. The Balaban J connectivity index is 1.34. The molecule has 1 atom stereocenters. The Labute approximate surface area is 198 Å². The Morgan fingerprint density at radius 3 is 2.62 bits per heavy atom. The van der Waals surface area contributed by atoms with E-state index in [1.807, 2.05) is 6.07 Å². The average molecular weight is 482 g/mol. The molecule has 0 amide bonds. The van der Waals surface area contributed by atoms with Crippen molar-refractivity contribution in [2.45, 2.75) is 30.2 Å². The van der Waals surface area contributed by atoms with E-state index in [0.29, 0.717) is 23.5 Å². The lowest BCUT2D eigenvalue weighted by Crippen LogP contribution is -2.40. The summed E-state index contributed by atoms with van der Waals surface area (Å²) in [4.78, 5) is 20.1. The molecule has 0 saturated carbocycles. The molecule has 1 aliphatic carbocycles. The molecule has 0 spiro atoms. The number of aromatic nitrogens is 4. The molecule has 2 N–H and O–H groups in total. The fourth-order valence-corrected chi connectivity index (χ4v) is 5.28. The lowest BCUT2D eigenvalue weighted by molar-refractivity contribution is 0.0122. The third-order valence-electron chi connectivity index (χ3n) is 6.09. The summed E-state index contributed by atoms with van der Waals surface area (Å²) in [7, 11) is -3.44. The number of fused-ring (bicyclic) bond motifs is 1. The summed E-state index contributed by atoms with van der Waals surface area (Å²) in [5.41, 5.74) is 2.42. The van der Waals surface area contributed by atoms with E-state index in [-0.39, 0.29) is 10.7 Å². The Morgan fingerprint density at radius 1 is 1.03 bits per heavy atom. The van der Waals surface area contributed by atoms with Crippen LogP contribution in [0.15, 0.2) is 47.8 Å². The fraction of sp³-hybridized carbons (Fsp3) is 0.391. The number of nitrogens with zero attached hydrogens (tertiary/aromatic N) is 5. The van der Waals surface area contributed by atoms with Gasteiger partial charge in [-0.05, 0) is 43.0 Å². The Kier molecular flexibility index (Phi) is 6.40. The predicted molar refractivity (Wildman–Crippen MR) is 128 cm³/mol. The first-order valence-corrected chi connectivity index (χ1v) is 13.2. The molecule has 0 bridgehead atoms. The molecule has 2 aliphatic rings. The van der Waals surface area contributed by atoms with Crippen molar-refractivity contribution < 1.29 is 13.2 Å². The number of pyridine rings is 2. The number of anilines is 4. The van der Waals surface area contributed by atoms with Crippen LogP contribution >= 0.6 is 0 Å². The monoisotopic (exact) mass is 481 g/mol. The summed E-state index contributed by atoms with van der Waals surface area (Å²) >= 11 is 0. The molecule has 1 saturated heterocycles. The lowest BCUT2D eigenvalue weighted by Gasteiger charge is -2.37. The smallest absolute Gasteiger partial charge is 0.179 e. The van der Waals surface area contributed by atoms with Crippen molar-refractivity contribution in [2.75, 3.05) is 43.2 Å². The van der Waals surface area contributed by atoms with Crippen molar-refractivity contribution in [3.63, 3.8) is 0 Å². The summed E-state index contributed by atoms with van der Waals surface area (Å²) in [5, 5.41) is 6.22. The van der Waals surface area contributed by atoms with E-state index in [1.165, 1.54) is 24.2 Å². The first kappa shape index (κ1) is 22.6. The van der Waals surface area contributed by atoms with E-state index >= 15 is 0 Å². The molecule has 3 aromatic rings. The van der Waals surface area contributed by atoms with Gasteiger partial charge >= 0.3 is 0 Å². The number of nitrogens with one attached hydrogen (secondary N) is 2.